The molecule has 2 amide bonds. The molecule has 2 rings (SSSR count). The number of aromatic nitrogens is 2. The van der Waals surface area contributed by atoms with Crippen LogP contribution in [0.2, 0.25) is 5.15 Å². The van der Waals surface area contributed by atoms with Crippen LogP contribution in [0.15, 0.2) is 30.3 Å². The van der Waals surface area contributed by atoms with Crippen molar-refractivity contribution in [1.82, 2.24) is 14.7 Å². The topological polar surface area (TPSA) is 137 Å². The van der Waals surface area contributed by atoms with E-state index in [4.69, 9.17) is 20.5 Å². The molecule has 0 atom stereocenters. The summed E-state index contributed by atoms with van der Waals surface area (Å²) in [5.74, 6) is -0.842. The molecule has 0 saturated carbocycles. The third-order valence-corrected chi connectivity index (χ3v) is 3.88. The number of amides is 2. The summed E-state index contributed by atoms with van der Waals surface area (Å²) in [7, 11) is -4.48. The van der Waals surface area contributed by atoms with Gasteiger partial charge in [0.25, 0.3) is 0 Å². The lowest BCUT2D eigenvalue weighted by Crippen LogP contribution is -2.37. The Labute approximate surface area is 160 Å². The highest BCUT2D eigenvalue weighted by Gasteiger charge is 2.18. The zero-order valence-electron chi connectivity index (χ0n) is 14.2. The van der Waals surface area contributed by atoms with Gasteiger partial charge in [-0.05, 0) is 44.2 Å². The second kappa shape index (κ2) is 8.64. The Morgan fingerprint density at radius 1 is 1.19 bits per heavy atom. The van der Waals surface area contributed by atoms with Crippen LogP contribution in [0.4, 0.5) is 10.7 Å². The van der Waals surface area contributed by atoms with Crippen LogP contribution in [0.25, 0.3) is 0 Å². The number of esters is 1. The summed E-state index contributed by atoms with van der Waals surface area (Å²) in [6.45, 7) is 3.49. The van der Waals surface area contributed by atoms with Gasteiger partial charge in [-0.1, -0.05) is 11.6 Å². The van der Waals surface area contributed by atoms with Gasteiger partial charge >= 0.3 is 22.3 Å². The molecule has 27 heavy (non-hydrogen) atoms. The van der Waals surface area contributed by atoms with Crippen molar-refractivity contribution in [1.29, 1.82) is 0 Å². The quantitative estimate of drug-likeness (QED) is 0.541. The van der Waals surface area contributed by atoms with Gasteiger partial charge in [0, 0.05) is 5.69 Å². The number of hydrogen-bond acceptors (Lipinski definition) is 8. The number of benzene rings is 1. The van der Waals surface area contributed by atoms with Crippen molar-refractivity contribution in [2.45, 2.75) is 13.8 Å². The first-order chi connectivity index (χ1) is 12.7. The third-order valence-electron chi connectivity index (χ3n) is 2.84. The first-order valence-electron chi connectivity index (χ1n) is 7.50. The third kappa shape index (κ3) is 6.38. The van der Waals surface area contributed by atoms with Crippen LogP contribution in [0.1, 0.15) is 23.0 Å². The van der Waals surface area contributed by atoms with Crippen LogP contribution in [0.3, 0.4) is 0 Å². The molecule has 1 aromatic heterocycles. The van der Waals surface area contributed by atoms with Crippen molar-refractivity contribution in [3.63, 3.8) is 0 Å². The number of aryl methyl sites for hydroxylation is 1. The summed E-state index contributed by atoms with van der Waals surface area (Å²) in [4.78, 5) is 30.9. The summed E-state index contributed by atoms with van der Waals surface area (Å²) in [5, 5.41) is 2.21. The predicted octanol–water partition coefficient (Wildman–Crippen LogP) is 2.06. The van der Waals surface area contributed by atoms with Crippen LogP contribution in [0, 0.1) is 6.92 Å². The van der Waals surface area contributed by atoms with Crippen molar-refractivity contribution in [3.8, 4) is 5.75 Å². The van der Waals surface area contributed by atoms with Gasteiger partial charge in [0.2, 0.25) is 5.95 Å². The van der Waals surface area contributed by atoms with Gasteiger partial charge < -0.3 is 8.92 Å². The van der Waals surface area contributed by atoms with Gasteiger partial charge in [-0.3, -0.25) is 5.32 Å². The maximum Gasteiger partial charge on any atom is 0.411 e. The molecule has 0 fully saturated rings. The Balaban J connectivity index is 1.99. The normalized spacial score (nSPS) is 10.8. The number of halogens is 1. The number of nitrogens with one attached hydrogen (secondary N) is 2. The molecule has 1 aromatic carbocycles. The van der Waals surface area contributed by atoms with Gasteiger partial charge in [0.1, 0.15) is 10.9 Å². The Bertz CT molecular complexity index is 929. The van der Waals surface area contributed by atoms with Gasteiger partial charge in [0.05, 0.1) is 12.2 Å². The number of anilines is 1. The van der Waals surface area contributed by atoms with Crippen LogP contribution >= 0.6 is 11.6 Å². The van der Waals surface area contributed by atoms with E-state index in [2.05, 4.69) is 15.3 Å². The molecule has 0 saturated heterocycles. The average Bonchev–Trinajstić information content (AvgIpc) is 2.53. The highest BCUT2D eigenvalue weighted by atomic mass is 35.5. The molecule has 0 spiro atoms. The predicted molar refractivity (Wildman–Crippen MR) is 95.9 cm³/mol. The van der Waals surface area contributed by atoms with E-state index in [0.717, 1.165) is 0 Å². The molecule has 0 aliphatic rings. The number of nitrogens with zero attached hydrogens (tertiary/aromatic N) is 2. The monoisotopic (exact) mass is 414 g/mol. The summed E-state index contributed by atoms with van der Waals surface area (Å²) >= 11 is 5.73. The Kier molecular flexibility index (Phi) is 6.53. The molecule has 0 radical (unpaired) electrons. The molecule has 0 aliphatic carbocycles. The van der Waals surface area contributed by atoms with E-state index in [0.29, 0.717) is 5.69 Å². The summed E-state index contributed by atoms with van der Waals surface area (Å²) in [6, 6.07) is 5.46. The van der Waals surface area contributed by atoms with E-state index < -0.39 is 22.3 Å². The van der Waals surface area contributed by atoms with Crippen molar-refractivity contribution < 1.29 is 26.9 Å². The Morgan fingerprint density at radius 3 is 2.44 bits per heavy atom. The van der Waals surface area contributed by atoms with Gasteiger partial charge in [-0.15, -0.1) is 0 Å². The van der Waals surface area contributed by atoms with Crippen molar-refractivity contribution >= 4 is 39.9 Å². The van der Waals surface area contributed by atoms with E-state index in [1.165, 1.54) is 30.3 Å². The molecule has 10 nitrogen and oxygen atoms in total. The maximum absolute atomic E-state index is 11.9. The summed E-state index contributed by atoms with van der Waals surface area (Å²) < 4.78 is 35.0. The lowest BCUT2D eigenvalue weighted by molar-refractivity contribution is 0.0526. The largest absolute Gasteiger partial charge is 0.462 e. The van der Waals surface area contributed by atoms with Crippen molar-refractivity contribution in [2.75, 3.05) is 11.9 Å². The molecule has 1 heterocycles. The smallest absolute Gasteiger partial charge is 0.411 e. The molecule has 144 valence electrons. The molecule has 0 aliphatic heterocycles. The molecule has 0 unspecified atom stereocenters. The molecule has 12 heteroatoms. The standard InChI is InChI=1S/C15H15ClN4O6S/c1-3-25-13(21)10-4-6-11(7-5-10)26-27(23,24)20-15(22)19-14-17-9(2)8-12(16)18-14/h4-8H,3H2,1-2H3,(H2,17,18,19,20,22). The first kappa shape index (κ1) is 20.4. The SMILES string of the molecule is CCOC(=O)c1ccc(OS(=O)(=O)NC(=O)Nc2nc(C)cc(Cl)n2)cc1. The number of hydrogen-bond donors (Lipinski definition) is 2. The van der Waals surface area contributed by atoms with E-state index >= 15 is 0 Å². The fraction of sp³-hybridized carbons (Fsp3) is 0.200. The van der Waals surface area contributed by atoms with Crippen molar-refractivity contribution in [2.24, 2.45) is 0 Å². The highest BCUT2D eigenvalue weighted by Crippen LogP contribution is 2.15. The van der Waals surface area contributed by atoms with Crippen LogP contribution < -0.4 is 14.2 Å². The van der Waals surface area contributed by atoms with E-state index in [1.54, 1.807) is 18.6 Å². The molecular formula is C15H15ClN4O6S. The fourth-order valence-electron chi connectivity index (χ4n) is 1.84. The van der Waals surface area contributed by atoms with Crippen molar-refractivity contribution in [3.05, 3.63) is 46.7 Å². The van der Waals surface area contributed by atoms with E-state index in [9.17, 15) is 18.0 Å². The number of carbonyl (C=O) groups is 2. The molecule has 2 aromatic rings. The zero-order chi connectivity index (χ0) is 20.0. The number of urea groups is 1. The lowest BCUT2D eigenvalue weighted by atomic mass is 10.2. The molecule has 2 N–H and O–H groups in total. The minimum Gasteiger partial charge on any atom is -0.462 e. The zero-order valence-corrected chi connectivity index (χ0v) is 15.8. The second-order valence-corrected chi connectivity index (χ2v) is 6.66. The number of rotatable bonds is 6. The van der Waals surface area contributed by atoms with Crippen LogP contribution in [-0.4, -0.2) is 37.0 Å². The first-order valence-corrected chi connectivity index (χ1v) is 9.28. The second-order valence-electron chi connectivity index (χ2n) is 4.99. The van der Waals surface area contributed by atoms with E-state index in [-0.39, 0.29) is 29.0 Å². The average molecular weight is 415 g/mol. The fourth-order valence-corrected chi connectivity index (χ4v) is 2.76. The molecule has 0 bridgehead atoms. The summed E-state index contributed by atoms with van der Waals surface area (Å²) in [6.07, 6.45) is 0. The minimum absolute atomic E-state index is 0.0820. The van der Waals surface area contributed by atoms with Gasteiger partial charge in [0.15, 0.2) is 0 Å². The van der Waals surface area contributed by atoms with E-state index in [1.807, 2.05) is 0 Å². The number of carbonyl (C=O) groups excluding carboxylic acids is 2. The minimum atomic E-state index is -4.48. The summed E-state index contributed by atoms with van der Waals surface area (Å²) in [5.41, 5.74) is 0.701. The van der Waals surface area contributed by atoms with Crippen LogP contribution in [0.5, 0.6) is 5.75 Å². The lowest BCUT2D eigenvalue weighted by Gasteiger charge is -2.09. The Hall–Kier alpha value is -2.92. The molecular weight excluding hydrogens is 400 g/mol. The highest BCUT2D eigenvalue weighted by molar-refractivity contribution is 7.85. The van der Waals surface area contributed by atoms with Gasteiger partial charge in [-0.25, -0.2) is 24.3 Å². The Morgan fingerprint density at radius 2 is 1.85 bits per heavy atom. The van der Waals surface area contributed by atoms with Gasteiger partial charge in [-0.2, -0.15) is 8.42 Å². The maximum atomic E-state index is 11.9. The number of ether oxygens (including phenoxy) is 1. The van der Waals surface area contributed by atoms with Crippen LogP contribution in [-0.2, 0) is 15.0 Å².